The largest absolute Gasteiger partial charge is 0.390 e. The number of hydrogen-bond acceptors (Lipinski definition) is 3. The molecular formula is C11H21NO2. The molecule has 1 saturated carbocycles. The van der Waals surface area contributed by atoms with Crippen LogP contribution in [0.4, 0.5) is 0 Å². The Labute approximate surface area is 85.7 Å². The first-order chi connectivity index (χ1) is 6.66. The van der Waals surface area contributed by atoms with E-state index >= 15 is 0 Å². The third-order valence-corrected chi connectivity index (χ3v) is 3.68. The topological polar surface area (TPSA) is 43.7 Å². The smallest absolute Gasteiger partial charge is 0.0814 e. The maximum Gasteiger partial charge on any atom is 0.0814 e. The van der Waals surface area contributed by atoms with Crippen LogP contribution >= 0.6 is 0 Å². The van der Waals surface area contributed by atoms with Gasteiger partial charge in [-0.15, -0.1) is 0 Å². The molecule has 3 atom stereocenters. The summed E-state index contributed by atoms with van der Waals surface area (Å²) in [5.41, 5.74) is 0. The van der Waals surface area contributed by atoms with Crippen LogP contribution in [0.1, 0.15) is 32.6 Å². The zero-order valence-corrected chi connectivity index (χ0v) is 8.89. The summed E-state index contributed by atoms with van der Waals surface area (Å²) in [6.07, 6.45) is 3.13. The van der Waals surface area contributed by atoms with Crippen molar-refractivity contribution in [2.75, 3.05) is 13.1 Å². The van der Waals surface area contributed by atoms with Crippen LogP contribution in [0, 0.1) is 5.92 Å². The minimum atomic E-state index is -0.489. The molecule has 2 fully saturated rings. The fourth-order valence-corrected chi connectivity index (χ4v) is 2.82. The second-order valence-corrected chi connectivity index (χ2v) is 5.00. The Morgan fingerprint density at radius 3 is 2.36 bits per heavy atom. The van der Waals surface area contributed by atoms with Crippen LogP contribution in [0.15, 0.2) is 0 Å². The van der Waals surface area contributed by atoms with Crippen molar-refractivity contribution >= 4 is 0 Å². The van der Waals surface area contributed by atoms with Crippen molar-refractivity contribution in [1.82, 2.24) is 4.90 Å². The number of hydrogen-bond donors (Lipinski definition) is 2. The summed E-state index contributed by atoms with van der Waals surface area (Å²) < 4.78 is 0. The molecule has 0 amide bonds. The van der Waals surface area contributed by atoms with E-state index in [-0.39, 0.29) is 0 Å². The van der Waals surface area contributed by atoms with Crippen molar-refractivity contribution in [2.45, 2.75) is 50.9 Å². The Morgan fingerprint density at radius 2 is 1.79 bits per heavy atom. The Balaban J connectivity index is 1.89. The Bertz CT molecular complexity index is 185. The zero-order chi connectivity index (χ0) is 10.1. The standard InChI is InChI=1S/C11H21NO2/c1-8-3-2-4-12(7-8)9-5-10(13)11(14)6-9/h8-11,13-14H,2-7H2,1H3/t8-,9?,10?,11?/m1/s1. The van der Waals surface area contributed by atoms with Crippen molar-refractivity contribution in [3.8, 4) is 0 Å². The van der Waals surface area contributed by atoms with E-state index in [1.807, 2.05) is 0 Å². The lowest BCUT2D eigenvalue weighted by molar-refractivity contribution is 0.0438. The molecule has 0 spiro atoms. The van der Waals surface area contributed by atoms with Crippen molar-refractivity contribution in [2.24, 2.45) is 5.92 Å². The van der Waals surface area contributed by atoms with E-state index in [9.17, 15) is 10.2 Å². The number of aliphatic hydroxyl groups is 2. The second kappa shape index (κ2) is 4.17. The van der Waals surface area contributed by atoms with Gasteiger partial charge in [-0.3, -0.25) is 4.90 Å². The van der Waals surface area contributed by atoms with Crippen molar-refractivity contribution in [3.63, 3.8) is 0 Å². The molecule has 2 unspecified atom stereocenters. The Morgan fingerprint density at radius 1 is 1.14 bits per heavy atom. The summed E-state index contributed by atoms with van der Waals surface area (Å²) in [5.74, 6) is 0.777. The van der Waals surface area contributed by atoms with Gasteiger partial charge < -0.3 is 10.2 Å². The summed E-state index contributed by atoms with van der Waals surface area (Å²) in [5, 5.41) is 19.0. The molecule has 2 aliphatic rings. The highest BCUT2D eigenvalue weighted by Crippen LogP contribution is 2.28. The molecule has 2 N–H and O–H groups in total. The van der Waals surface area contributed by atoms with Crippen LogP contribution in [0.5, 0.6) is 0 Å². The third kappa shape index (κ3) is 2.10. The monoisotopic (exact) mass is 199 g/mol. The molecule has 3 nitrogen and oxygen atoms in total. The van der Waals surface area contributed by atoms with Gasteiger partial charge in [0.1, 0.15) is 0 Å². The molecule has 0 radical (unpaired) electrons. The summed E-state index contributed by atoms with van der Waals surface area (Å²) in [6, 6.07) is 0.419. The second-order valence-electron chi connectivity index (χ2n) is 5.00. The number of likely N-dealkylation sites (tertiary alicyclic amines) is 1. The maximum absolute atomic E-state index is 9.49. The van der Waals surface area contributed by atoms with Crippen molar-refractivity contribution in [3.05, 3.63) is 0 Å². The summed E-state index contributed by atoms with van der Waals surface area (Å²) in [7, 11) is 0. The van der Waals surface area contributed by atoms with E-state index in [4.69, 9.17) is 0 Å². The zero-order valence-electron chi connectivity index (χ0n) is 8.89. The van der Waals surface area contributed by atoms with Gasteiger partial charge in [-0.1, -0.05) is 6.92 Å². The van der Waals surface area contributed by atoms with Crippen LogP contribution in [-0.4, -0.2) is 46.5 Å². The van der Waals surface area contributed by atoms with E-state index < -0.39 is 12.2 Å². The molecule has 14 heavy (non-hydrogen) atoms. The van der Waals surface area contributed by atoms with Gasteiger partial charge in [-0.25, -0.2) is 0 Å². The SMILES string of the molecule is C[C@@H]1CCCN(C2CC(O)C(O)C2)C1. The number of piperidine rings is 1. The minimum absolute atomic E-state index is 0.419. The quantitative estimate of drug-likeness (QED) is 0.650. The van der Waals surface area contributed by atoms with Crippen LogP contribution in [0.25, 0.3) is 0 Å². The first-order valence-electron chi connectivity index (χ1n) is 5.77. The van der Waals surface area contributed by atoms with E-state index in [1.165, 1.54) is 12.8 Å². The fraction of sp³-hybridized carbons (Fsp3) is 1.00. The minimum Gasteiger partial charge on any atom is -0.390 e. The van der Waals surface area contributed by atoms with Gasteiger partial charge in [0.25, 0.3) is 0 Å². The number of nitrogens with zero attached hydrogens (tertiary/aromatic N) is 1. The fourth-order valence-electron chi connectivity index (χ4n) is 2.82. The Kier molecular flexibility index (Phi) is 3.10. The average molecular weight is 199 g/mol. The number of rotatable bonds is 1. The van der Waals surface area contributed by atoms with Crippen molar-refractivity contribution in [1.29, 1.82) is 0 Å². The van der Waals surface area contributed by atoms with E-state index in [2.05, 4.69) is 11.8 Å². The van der Waals surface area contributed by atoms with Gasteiger partial charge in [0, 0.05) is 12.6 Å². The van der Waals surface area contributed by atoms with Crippen molar-refractivity contribution < 1.29 is 10.2 Å². The molecule has 82 valence electrons. The van der Waals surface area contributed by atoms with Gasteiger partial charge in [0.2, 0.25) is 0 Å². The van der Waals surface area contributed by atoms with Crippen LogP contribution in [-0.2, 0) is 0 Å². The first kappa shape index (κ1) is 10.4. The number of aliphatic hydroxyl groups excluding tert-OH is 2. The molecule has 1 aliphatic heterocycles. The van der Waals surface area contributed by atoms with Gasteiger partial charge in [0.15, 0.2) is 0 Å². The van der Waals surface area contributed by atoms with Crippen LogP contribution in [0.3, 0.4) is 0 Å². The molecule has 3 heteroatoms. The molecule has 1 heterocycles. The van der Waals surface area contributed by atoms with E-state index in [0.717, 1.165) is 31.8 Å². The maximum atomic E-state index is 9.49. The third-order valence-electron chi connectivity index (χ3n) is 3.68. The molecule has 0 aromatic heterocycles. The van der Waals surface area contributed by atoms with Gasteiger partial charge >= 0.3 is 0 Å². The molecule has 1 saturated heterocycles. The lowest BCUT2D eigenvalue weighted by atomic mass is 9.98. The van der Waals surface area contributed by atoms with Gasteiger partial charge in [-0.05, 0) is 38.1 Å². The highest BCUT2D eigenvalue weighted by Gasteiger charge is 2.35. The van der Waals surface area contributed by atoms with Crippen LogP contribution in [0.2, 0.25) is 0 Å². The molecule has 0 aromatic carbocycles. The highest BCUT2D eigenvalue weighted by atomic mass is 16.3. The van der Waals surface area contributed by atoms with Crippen LogP contribution < -0.4 is 0 Å². The van der Waals surface area contributed by atoms with E-state index in [1.54, 1.807) is 0 Å². The molecule has 0 bridgehead atoms. The molecule has 0 aromatic rings. The average Bonchev–Trinajstić information content (AvgIpc) is 2.47. The summed E-state index contributed by atoms with van der Waals surface area (Å²) in [6.45, 7) is 4.58. The van der Waals surface area contributed by atoms with E-state index in [0.29, 0.717) is 6.04 Å². The lowest BCUT2D eigenvalue weighted by Gasteiger charge is -2.35. The van der Waals surface area contributed by atoms with Gasteiger partial charge in [0.05, 0.1) is 12.2 Å². The summed E-state index contributed by atoms with van der Waals surface area (Å²) >= 11 is 0. The molecule has 1 aliphatic carbocycles. The predicted molar refractivity (Wildman–Crippen MR) is 55.0 cm³/mol. The highest BCUT2D eigenvalue weighted by molar-refractivity contribution is 4.90. The summed E-state index contributed by atoms with van der Waals surface area (Å²) in [4.78, 5) is 2.45. The first-order valence-corrected chi connectivity index (χ1v) is 5.77. The predicted octanol–water partition coefficient (Wildman–Crippen LogP) is 0.603. The molecule has 2 rings (SSSR count). The van der Waals surface area contributed by atoms with Gasteiger partial charge in [-0.2, -0.15) is 0 Å². The Hall–Kier alpha value is -0.120. The normalized spacial score (nSPS) is 45.6. The molecular weight excluding hydrogens is 178 g/mol. The lowest BCUT2D eigenvalue weighted by Crippen LogP contribution is -2.41.